The molecular formula is C22H27NO4. The number of hydrogen-bond donors (Lipinski definition) is 1. The molecule has 144 valence electrons. The van der Waals surface area contributed by atoms with E-state index in [1.165, 1.54) is 0 Å². The lowest BCUT2D eigenvalue weighted by Gasteiger charge is -2.21. The Morgan fingerprint density at radius 3 is 2.56 bits per heavy atom. The van der Waals surface area contributed by atoms with Crippen LogP contribution in [0.15, 0.2) is 36.4 Å². The third-order valence-corrected chi connectivity index (χ3v) is 4.59. The van der Waals surface area contributed by atoms with E-state index in [0.717, 1.165) is 33.9 Å². The summed E-state index contributed by atoms with van der Waals surface area (Å²) in [4.78, 5) is 12.4. The van der Waals surface area contributed by atoms with Gasteiger partial charge in [0.15, 0.2) is 18.1 Å². The fourth-order valence-corrected chi connectivity index (χ4v) is 3.08. The first-order valence-corrected chi connectivity index (χ1v) is 9.36. The number of carbonyl (C=O) groups is 1. The fourth-order valence-electron chi connectivity index (χ4n) is 3.08. The number of fused-ring (bicyclic) bond motifs is 1. The van der Waals surface area contributed by atoms with E-state index < -0.39 is 0 Å². The maximum atomic E-state index is 12.4. The molecule has 5 nitrogen and oxygen atoms in total. The van der Waals surface area contributed by atoms with Gasteiger partial charge in [-0.25, -0.2) is 0 Å². The van der Waals surface area contributed by atoms with Gasteiger partial charge >= 0.3 is 0 Å². The highest BCUT2D eigenvalue weighted by molar-refractivity contribution is 5.78. The molecule has 1 N–H and O–H groups in total. The molecule has 1 heterocycles. The van der Waals surface area contributed by atoms with Crippen LogP contribution in [0.5, 0.6) is 17.2 Å². The highest BCUT2D eigenvalue weighted by atomic mass is 16.6. The largest absolute Gasteiger partial charge is 0.486 e. The lowest BCUT2D eigenvalue weighted by atomic mass is 10.0. The first-order chi connectivity index (χ1) is 12.9. The average molecular weight is 369 g/mol. The molecule has 0 spiro atoms. The summed E-state index contributed by atoms with van der Waals surface area (Å²) in [6.07, 6.45) is 0. The molecular weight excluding hydrogens is 342 g/mol. The second kappa shape index (κ2) is 8.33. The molecule has 27 heavy (non-hydrogen) atoms. The quantitative estimate of drug-likeness (QED) is 0.831. The molecule has 0 saturated heterocycles. The molecule has 5 heteroatoms. The average Bonchev–Trinajstić information content (AvgIpc) is 2.65. The molecule has 0 radical (unpaired) electrons. The smallest absolute Gasteiger partial charge is 0.258 e. The second-order valence-corrected chi connectivity index (χ2v) is 7.18. The molecule has 0 aliphatic carbocycles. The van der Waals surface area contributed by atoms with E-state index in [1.54, 1.807) is 0 Å². The predicted octanol–water partition coefficient (Wildman–Crippen LogP) is 4.15. The number of aryl methyl sites for hydroxylation is 1. The lowest BCUT2D eigenvalue weighted by molar-refractivity contribution is -0.123. The Hall–Kier alpha value is -2.69. The van der Waals surface area contributed by atoms with E-state index in [4.69, 9.17) is 14.2 Å². The van der Waals surface area contributed by atoms with Crippen molar-refractivity contribution in [3.8, 4) is 17.2 Å². The minimum atomic E-state index is -0.159. The Labute approximate surface area is 160 Å². The van der Waals surface area contributed by atoms with Gasteiger partial charge in [-0.05, 0) is 54.7 Å². The Morgan fingerprint density at radius 2 is 1.81 bits per heavy atom. The molecule has 0 unspecified atom stereocenters. The van der Waals surface area contributed by atoms with Crippen molar-refractivity contribution in [2.24, 2.45) is 0 Å². The molecule has 0 aromatic heterocycles. The fraction of sp³-hybridized carbons (Fsp3) is 0.409. The van der Waals surface area contributed by atoms with Crippen LogP contribution in [0.1, 0.15) is 49.4 Å². The SMILES string of the molecule is Cc1ccc(C(C)C)c(OCC(=O)N[C@H](C)c2ccc3c(c2)OCCO3)c1. The van der Waals surface area contributed by atoms with Gasteiger partial charge in [0.2, 0.25) is 0 Å². The zero-order valence-corrected chi connectivity index (χ0v) is 16.4. The second-order valence-electron chi connectivity index (χ2n) is 7.18. The number of carbonyl (C=O) groups excluding carboxylic acids is 1. The van der Waals surface area contributed by atoms with Crippen LogP contribution in [0.25, 0.3) is 0 Å². The number of ether oxygens (including phenoxy) is 3. The summed E-state index contributed by atoms with van der Waals surface area (Å²) in [6, 6.07) is 11.7. The van der Waals surface area contributed by atoms with E-state index in [1.807, 2.05) is 38.1 Å². The highest BCUT2D eigenvalue weighted by Gasteiger charge is 2.16. The molecule has 0 bridgehead atoms. The topological polar surface area (TPSA) is 56.8 Å². The van der Waals surface area contributed by atoms with E-state index in [0.29, 0.717) is 19.1 Å². The summed E-state index contributed by atoms with van der Waals surface area (Å²) in [5.41, 5.74) is 3.18. The van der Waals surface area contributed by atoms with Crippen LogP contribution in [0, 0.1) is 6.92 Å². The number of benzene rings is 2. The van der Waals surface area contributed by atoms with Crippen molar-refractivity contribution in [3.63, 3.8) is 0 Å². The normalized spacial score (nSPS) is 14.0. The van der Waals surface area contributed by atoms with Crippen LogP contribution in [0.3, 0.4) is 0 Å². The number of amides is 1. The lowest BCUT2D eigenvalue weighted by Crippen LogP contribution is -2.31. The van der Waals surface area contributed by atoms with Gasteiger partial charge in [-0.3, -0.25) is 4.79 Å². The summed E-state index contributed by atoms with van der Waals surface area (Å²) in [5, 5.41) is 2.98. The summed E-state index contributed by atoms with van der Waals surface area (Å²) in [6.45, 7) is 9.27. The number of nitrogens with one attached hydrogen (secondary N) is 1. The first kappa shape index (κ1) is 19.1. The monoisotopic (exact) mass is 369 g/mol. The van der Waals surface area contributed by atoms with Crippen molar-refractivity contribution in [2.75, 3.05) is 19.8 Å². The van der Waals surface area contributed by atoms with Crippen molar-refractivity contribution in [1.82, 2.24) is 5.32 Å². The van der Waals surface area contributed by atoms with Crippen molar-refractivity contribution < 1.29 is 19.0 Å². The first-order valence-electron chi connectivity index (χ1n) is 9.36. The Bertz CT molecular complexity index is 816. The van der Waals surface area contributed by atoms with Crippen LogP contribution >= 0.6 is 0 Å². The van der Waals surface area contributed by atoms with Gasteiger partial charge in [0, 0.05) is 0 Å². The summed E-state index contributed by atoms with van der Waals surface area (Å²) in [7, 11) is 0. The van der Waals surface area contributed by atoms with Gasteiger partial charge in [-0.2, -0.15) is 0 Å². The molecule has 1 atom stereocenters. The standard InChI is InChI=1S/C22H27NO4/c1-14(2)18-7-5-15(3)11-20(18)27-13-22(24)23-16(4)17-6-8-19-21(12-17)26-10-9-25-19/h5-8,11-12,14,16H,9-10,13H2,1-4H3,(H,23,24)/t16-/m1/s1. The number of hydrogen-bond acceptors (Lipinski definition) is 4. The molecule has 0 saturated carbocycles. The maximum Gasteiger partial charge on any atom is 0.258 e. The number of rotatable bonds is 6. The molecule has 1 aliphatic rings. The van der Waals surface area contributed by atoms with E-state index >= 15 is 0 Å². The molecule has 2 aromatic rings. The summed E-state index contributed by atoms with van der Waals surface area (Å²) < 4.78 is 17.0. The predicted molar refractivity (Wildman–Crippen MR) is 105 cm³/mol. The van der Waals surface area contributed by atoms with Gasteiger partial charge in [-0.1, -0.05) is 32.0 Å². The highest BCUT2D eigenvalue weighted by Crippen LogP contribution is 2.32. The van der Waals surface area contributed by atoms with Crippen molar-refractivity contribution in [2.45, 2.75) is 39.7 Å². The molecule has 1 aliphatic heterocycles. The van der Waals surface area contributed by atoms with E-state index in [9.17, 15) is 4.79 Å². The van der Waals surface area contributed by atoms with Crippen LogP contribution in [0.4, 0.5) is 0 Å². The van der Waals surface area contributed by atoms with Gasteiger partial charge in [0.05, 0.1) is 6.04 Å². The third kappa shape index (κ3) is 4.73. The van der Waals surface area contributed by atoms with Crippen LogP contribution in [0.2, 0.25) is 0 Å². The molecule has 2 aromatic carbocycles. The minimum Gasteiger partial charge on any atom is -0.486 e. The van der Waals surface area contributed by atoms with Gasteiger partial charge < -0.3 is 19.5 Å². The van der Waals surface area contributed by atoms with Crippen LogP contribution < -0.4 is 19.5 Å². The van der Waals surface area contributed by atoms with E-state index in [2.05, 4.69) is 31.3 Å². The van der Waals surface area contributed by atoms with Gasteiger partial charge in [0.1, 0.15) is 19.0 Å². The molecule has 3 rings (SSSR count). The van der Waals surface area contributed by atoms with Crippen molar-refractivity contribution >= 4 is 5.91 Å². The van der Waals surface area contributed by atoms with Crippen molar-refractivity contribution in [1.29, 1.82) is 0 Å². The van der Waals surface area contributed by atoms with Gasteiger partial charge in [-0.15, -0.1) is 0 Å². The Kier molecular flexibility index (Phi) is 5.89. The maximum absolute atomic E-state index is 12.4. The van der Waals surface area contributed by atoms with Crippen LogP contribution in [-0.4, -0.2) is 25.7 Å². The minimum absolute atomic E-state index is 0.0158. The molecule has 1 amide bonds. The van der Waals surface area contributed by atoms with E-state index in [-0.39, 0.29) is 18.6 Å². The Morgan fingerprint density at radius 1 is 1.07 bits per heavy atom. The van der Waals surface area contributed by atoms with Crippen molar-refractivity contribution in [3.05, 3.63) is 53.1 Å². The Balaban J connectivity index is 1.60. The van der Waals surface area contributed by atoms with Crippen LogP contribution in [-0.2, 0) is 4.79 Å². The summed E-state index contributed by atoms with van der Waals surface area (Å²) in [5.74, 6) is 2.41. The third-order valence-electron chi connectivity index (χ3n) is 4.59. The summed E-state index contributed by atoms with van der Waals surface area (Å²) >= 11 is 0. The van der Waals surface area contributed by atoms with Gasteiger partial charge in [0.25, 0.3) is 5.91 Å². The zero-order chi connectivity index (χ0) is 19.4. The molecule has 0 fully saturated rings. The zero-order valence-electron chi connectivity index (χ0n) is 16.4.